The largest absolute Gasteiger partial charge is 0.466 e. The zero-order valence-corrected chi connectivity index (χ0v) is 63.5. The normalized spacial score (nSPS) is 20.1. The summed E-state index contributed by atoms with van der Waals surface area (Å²) in [7, 11) is 0. The lowest BCUT2D eigenvalue weighted by Crippen LogP contribution is -2.54. The average Bonchev–Trinajstić information content (AvgIpc) is 1.57. The molecule has 0 aromatic heterocycles. The molecule has 6 aromatic carbocycles. The topological polar surface area (TPSA) is 258 Å². The molecule has 23 nitrogen and oxygen atoms in total. The highest BCUT2D eigenvalue weighted by Crippen LogP contribution is 2.48. The molecule has 4 saturated heterocycles. The summed E-state index contributed by atoms with van der Waals surface area (Å²) in [5.41, 5.74) is 4.26. The van der Waals surface area contributed by atoms with E-state index >= 15 is 9.59 Å². The van der Waals surface area contributed by atoms with Crippen molar-refractivity contribution >= 4 is 86.9 Å². The van der Waals surface area contributed by atoms with Crippen LogP contribution in [-0.2, 0) is 74.8 Å². The molecule has 0 saturated carbocycles. The predicted molar refractivity (Wildman–Crippen MR) is 402 cm³/mol. The van der Waals surface area contributed by atoms with Crippen LogP contribution in [0, 0.1) is 23.7 Å². The van der Waals surface area contributed by atoms with Crippen LogP contribution in [0.3, 0.4) is 0 Å². The smallest absolute Gasteiger partial charge is 0.413 e. The molecule has 4 aliphatic rings. The van der Waals surface area contributed by atoms with Crippen molar-refractivity contribution < 1.29 is 76.3 Å². The lowest BCUT2D eigenvalue weighted by molar-refractivity contribution is -0.172. The highest BCUT2D eigenvalue weighted by atomic mass is 16.7. The molecule has 10 rings (SSSR count). The number of hydrogen-bond donors (Lipinski definition) is 2. The van der Waals surface area contributed by atoms with Gasteiger partial charge in [0.1, 0.15) is 17.7 Å². The maximum Gasteiger partial charge on any atom is 0.413 e. The Morgan fingerprint density at radius 3 is 1.23 bits per heavy atom. The van der Waals surface area contributed by atoms with Gasteiger partial charge in [-0.2, -0.15) is 0 Å². The third-order valence-electron chi connectivity index (χ3n) is 20.4. The Bertz CT molecular complexity index is 3850. The minimum atomic E-state index is -1.45. The van der Waals surface area contributed by atoms with Crippen LogP contribution in [0.5, 0.6) is 0 Å². The molecular weight excluding hydrogens is 1350 g/mol. The van der Waals surface area contributed by atoms with Crippen molar-refractivity contribution in [2.75, 3.05) is 49.2 Å². The van der Waals surface area contributed by atoms with Crippen molar-refractivity contribution in [2.24, 2.45) is 23.7 Å². The van der Waals surface area contributed by atoms with Gasteiger partial charge in [0.25, 0.3) is 0 Å². The Morgan fingerprint density at radius 2 is 0.858 bits per heavy atom. The number of carbonyl (C=O) groups is 9. The minimum absolute atomic E-state index is 0.0734. The number of nitrogens with zero attached hydrogens (tertiary/aromatic N) is 5. The molecule has 5 amide bonds. The SMILES string of the molecule is CCOC(=O)Cc1ccc(N2CC[C@H](N(C(=O)OC(C)OC(=O)[C@H](CC(C)C)NC(=O)C3[C@H]4CC[C@@H]([C@H]3C(=O)N[C@H](CC(C)C)C(=O)OC(C)OC(=O)N([C@H]3CCN(c5ccc(CC(=O)OCC)cc5)C3)[C@H](C)c3cccc5ccccc35)N4C(=O)OC(C)(C)C)[C@H](C)c3cccc4ccccc34)C2)cc1. The first-order valence-electron chi connectivity index (χ1n) is 37.5. The van der Waals surface area contributed by atoms with Gasteiger partial charge in [-0.25, -0.2) is 24.0 Å². The second-order valence-corrected chi connectivity index (χ2v) is 30.2. The van der Waals surface area contributed by atoms with Crippen molar-refractivity contribution in [1.29, 1.82) is 0 Å². The molecule has 23 heteroatoms. The van der Waals surface area contributed by atoms with Crippen LogP contribution in [0.15, 0.2) is 133 Å². The number of anilines is 2. The predicted octanol–water partition coefficient (Wildman–Crippen LogP) is 13.3. The first kappa shape index (κ1) is 78.7. The Labute approximate surface area is 622 Å². The number of esters is 4. The molecule has 568 valence electrons. The molecule has 4 fully saturated rings. The van der Waals surface area contributed by atoms with Crippen molar-refractivity contribution in [3.05, 3.63) is 156 Å². The standard InChI is InChI=1S/C83H105N7O16/c1-14-100-72(91)46-56-30-34-60(35-31-56)86-42-40-62(48-86)88(52(7)64-28-20-24-58-22-16-18-26-66(58)64)80(97)104-54(9)102-78(95)68(44-50(3)4)84-76(93)74-70-38-39-71(90(70)82(99)106-83(11,12)13)75(74)77(94)85-69(45-51(5)6)79(96)103-55(10)105-81(98)89(53(8)65-29-21-25-59-23-17-19-27-67(59)65)63-41-43-87(49-63)61-36-32-57(33-37-61)47-73(92)101-15-2/h16-37,50-55,62-63,68-71,74-75H,14-15,38-49H2,1-13H3,(H,84,93)(H,85,94)/t52-,53-,54?,55?,62+,63+,68-,69+,70+,71-,74-,75?/m1/s1. The van der Waals surface area contributed by atoms with Crippen molar-refractivity contribution in [1.82, 2.24) is 25.3 Å². The Hall–Kier alpha value is -9.93. The lowest BCUT2D eigenvalue weighted by Gasteiger charge is -2.35. The summed E-state index contributed by atoms with van der Waals surface area (Å²) in [4.78, 5) is 138. The first-order valence-corrected chi connectivity index (χ1v) is 37.5. The molecule has 106 heavy (non-hydrogen) atoms. The molecule has 0 radical (unpaired) electrons. The maximum atomic E-state index is 15.3. The number of nitrogens with one attached hydrogen (secondary N) is 2. The van der Waals surface area contributed by atoms with Gasteiger partial charge in [0, 0.05) is 63.5 Å². The quantitative estimate of drug-likeness (QED) is 0.0263. The monoisotopic (exact) mass is 1460 g/mol. The number of fused-ring (bicyclic) bond motifs is 4. The Balaban J connectivity index is 0.842. The van der Waals surface area contributed by atoms with Crippen LogP contribution in [0.4, 0.5) is 25.8 Å². The fraction of sp³-hybridized carbons (Fsp3) is 0.506. The van der Waals surface area contributed by atoms with E-state index in [-0.39, 0.29) is 61.5 Å². The summed E-state index contributed by atoms with van der Waals surface area (Å²) in [5, 5.41) is 9.70. The summed E-state index contributed by atoms with van der Waals surface area (Å²) in [6, 6.07) is 36.9. The summed E-state index contributed by atoms with van der Waals surface area (Å²) >= 11 is 0. The molecule has 12 atom stereocenters. The van der Waals surface area contributed by atoms with E-state index in [9.17, 15) is 33.6 Å². The van der Waals surface area contributed by atoms with Gasteiger partial charge in [-0.15, -0.1) is 0 Å². The van der Waals surface area contributed by atoms with Crippen LogP contribution in [-0.4, -0.2) is 162 Å². The maximum absolute atomic E-state index is 15.3. The molecule has 0 spiro atoms. The molecular formula is C83H105N7O16. The highest BCUT2D eigenvalue weighted by molar-refractivity contribution is 5.95. The van der Waals surface area contributed by atoms with E-state index in [1.54, 1.807) is 44.4 Å². The average molecular weight is 1460 g/mol. The fourth-order valence-corrected chi connectivity index (χ4v) is 15.8. The van der Waals surface area contributed by atoms with Crippen molar-refractivity contribution in [2.45, 2.75) is 208 Å². The first-order chi connectivity index (χ1) is 50.6. The van der Waals surface area contributed by atoms with Gasteiger partial charge in [0.05, 0.1) is 62.1 Å². The van der Waals surface area contributed by atoms with Crippen LogP contribution >= 0.6 is 0 Å². The molecule has 0 aliphatic carbocycles. The van der Waals surface area contributed by atoms with E-state index in [1.165, 1.54) is 18.7 Å². The fourth-order valence-electron chi connectivity index (χ4n) is 15.8. The van der Waals surface area contributed by atoms with Gasteiger partial charge in [-0.05, 0) is 167 Å². The van der Waals surface area contributed by atoms with E-state index in [0.29, 0.717) is 65.1 Å². The number of hydrogen-bond acceptors (Lipinski definition) is 18. The van der Waals surface area contributed by atoms with E-state index in [4.69, 9.17) is 33.2 Å². The van der Waals surface area contributed by atoms with E-state index in [0.717, 1.165) is 55.2 Å². The zero-order chi connectivity index (χ0) is 76.3. The minimum Gasteiger partial charge on any atom is -0.466 e. The third kappa shape index (κ3) is 19.2. The molecule has 4 aliphatic heterocycles. The molecule has 2 bridgehead atoms. The summed E-state index contributed by atoms with van der Waals surface area (Å²) in [5.74, 6) is -6.76. The van der Waals surface area contributed by atoms with Crippen LogP contribution in [0.25, 0.3) is 21.5 Å². The number of ether oxygens (including phenoxy) is 7. The van der Waals surface area contributed by atoms with Gasteiger partial charge >= 0.3 is 42.2 Å². The zero-order valence-electron chi connectivity index (χ0n) is 63.5. The van der Waals surface area contributed by atoms with Gasteiger partial charge in [0.15, 0.2) is 0 Å². The summed E-state index contributed by atoms with van der Waals surface area (Å²) < 4.78 is 40.4. The number of benzene rings is 6. The highest BCUT2D eigenvalue weighted by Gasteiger charge is 2.61. The van der Waals surface area contributed by atoms with E-state index < -0.39 is 108 Å². The second-order valence-electron chi connectivity index (χ2n) is 30.2. The summed E-state index contributed by atoms with van der Waals surface area (Å²) in [6.07, 6.45) is -2.89. The molecule has 2 N–H and O–H groups in total. The summed E-state index contributed by atoms with van der Waals surface area (Å²) in [6.45, 7) is 25.6. The Kier molecular flexibility index (Phi) is 26.0. The second kappa shape index (κ2) is 35.0. The Morgan fingerprint density at radius 1 is 0.481 bits per heavy atom. The number of rotatable bonds is 28. The van der Waals surface area contributed by atoms with Crippen LogP contribution in [0.1, 0.15) is 163 Å². The van der Waals surface area contributed by atoms with E-state index in [2.05, 4.69) is 20.4 Å². The van der Waals surface area contributed by atoms with Gasteiger partial charge < -0.3 is 58.5 Å². The lowest BCUT2D eigenvalue weighted by atomic mass is 9.77. The van der Waals surface area contributed by atoms with Gasteiger partial charge in [-0.1, -0.05) is 137 Å². The number of amides is 5. The molecule has 4 heterocycles. The van der Waals surface area contributed by atoms with E-state index in [1.807, 2.05) is 175 Å². The van der Waals surface area contributed by atoms with Crippen molar-refractivity contribution in [3.63, 3.8) is 0 Å². The van der Waals surface area contributed by atoms with Crippen molar-refractivity contribution in [3.8, 4) is 0 Å². The number of carbonyl (C=O) groups excluding carboxylic acids is 9. The van der Waals surface area contributed by atoms with Crippen LogP contribution in [0.2, 0.25) is 0 Å². The molecule has 3 unspecified atom stereocenters. The van der Waals surface area contributed by atoms with Gasteiger partial charge in [-0.3, -0.25) is 29.0 Å². The van der Waals surface area contributed by atoms with Crippen LogP contribution < -0.4 is 20.4 Å². The third-order valence-corrected chi connectivity index (χ3v) is 20.4. The molecule has 6 aromatic rings. The van der Waals surface area contributed by atoms with Gasteiger partial charge in [0.2, 0.25) is 24.4 Å².